The first-order valence-corrected chi connectivity index (χ1v) is 7.23. The molecule has 0 amide bonds. The van der Waals surface area contributed by atoms with Gasteiger partial charge in [0, 0.05) is 19.3 Å². The van der Waals surface area contributed by atoms with E-state index in [1.54, 1.807) is 11.8 Å². The Balaban J connectivity index is 1.79. The third-order valence-corrected chi connectivity index (χ3v) is 3.74. The Hall–Kier alpha value is -1.46. The van der Waals surface area contributed by atoms with Crippen molar-refractivity contribution in [2.45, 2.75) is 18.5 Å². The smallest absolute Gasteiger partial charge is 0.119 e. The normalized spacial score (nSPS) is 10.7. The lowest BCUT2D eigenvalue weighted by molar-refractivity contribution is 0.343. The van der Waals surface area contributed by atoms with E-state index in [1.807, 2.05) is 42.9 Å². The highest BCUT2D eigenvalue weighted by molar-refractivity contribution is 7.99. The third kappa shape index (κ3) is 4.01. The van der Waals surface area contributed by atoms with Gasteiger partial charge in [0.25, 0.3) is 0 Å². The summed E-state index contributed by atoms with van der Waals surface area (Å²) >= 11 is 1.75. The molecule has 2 rings (SSSR count). The first kappa shape index (κ1) is 14.0. The number of hydrogen-bond donors (Lipinski definition) is 1. The SMILES string of the molecule is Cc1cc(SCCOc2cccc(CN)c2)n(C)n1. The number of aryl methyl sites for hydroxylation is 2. The molecule has 0 bridgehead atoms. The van der Waals surface area contributed by atoms with E-state index in [4.69, 9.17) is 10.5 Å². The van der Waals surface area contributed by atoms with Crippen molar-refractivity contribution in [1.29, 1.82) is 0 Å². The van der Waals surface area contributed by atoms with Crippen LogP contribution >= 0.6 is 11.8 Å². The molecule has 0 unspecified atom stereocenters. The first-order chi connectivity index (χ1) is 9.19. The number of aromatic nitrogens is 2. The van der Waals surface area contributed by atoms with Crippen LogP contribution in [-0.4, -0.2) is 22.1 Å². The molecule has 19 heavy (non-hydrogen) atoms. The fourth-order valence-electron chi connectivity index (χ4n) is 1.79. The minimum atomic E-state index is 0.542. The second kappa shape index (κ2) is 6.63. The molecule has 0 aliphatic heterocycles. The average molecular weight is 277 g/mol. The molecule has 5 heteroatoms. The Morgan fingerprint density at radius 3 is 2.89 bits per heavy atom. The Morgan fingerprint density at radius 2 is 2.21 bits per heavy atom. The molecule has 102 valence electrons. The summed E-state index contributed by atoms with van der Waals surface area (Å²) in [5.74, 6) is 1.77. The zero-order valence-electron chi connectivity index (χ0n) is 11.3. The van der Waals surface area contributed by atoms with Crippen LogP contribution in [0.5, 0.6) is 5.75 Å². The predicted octanol–water partition coefficient (Wildman–Crippen LogP) is 2.36. The van der Waals surface area contributed by atoms with Gasteiger partial charge in [0.05, 0.1) is 17.3 Å². The van der Waals surface area contributed by atoms with Crippen molar-refractivity contribution in [3.05, 3.63) is 41.6 Å². The van der Waals surface area contributed by atoms with Gasteiger partial charge in [0.1, 0.15) is 5.75 Å². The van der Waals surface area contributed by atoms with E-state index in [1.165, 1.54) is 0 Å². The van der Waals surface area contributed by atoms with Crippen LogP contribution in [0.2, 0.25) is 0 Å². The molecule has 0 spiro atoms. The lowest BCUT2D eigenvalue weighted by Crippen LogP contribution is -2.02. The summed E-state index contributed by atoms with van der Waals surface area (Å²) in [4.78, 5) is 0. The number of rotatable bonds is 6. The van der Waals surface area contributed by atoms with E-state index in [0.717, 1.165) is 27.8 Å². The van der Waals surface area contributed by atoms with Crippen molar-refractivity contribution in [3.63, 3.8) is 0 Å². The van der Waals surface area contributed by atoms with Crippen LogP contribution in [0.25, 0.3) is 0 Å². The van der Waals surface area contributed by atoms with Crippen molar-refractivity contribution in [3.8, 4) is 5.75 Å². The van der Waals surface area contributed by atoms with Gasteiger partial charge in [-0.3, -0.25) is 4.68 Å². The molecule has 0 aliphatic carbocycles. The highest BCUT2D eigenvalue weighted by atomic mass is 32.2. The summed E-state index contributed by atoms with van der Waals surface area (Å²) in [6.45, 7) is 3.21. The van der Waals surface area contributed by atoms with Gasteiger partial charge in [0.2, 0.25) is 0 Å². The van der Waals surface area contributed by atoms with Crippen molar-refractivity contribution < 1.29 is 4.74 Å². The molecule has 0 radical (unpaired) electrons. The van der Waals surface area contributed by atoms with Crippen molar-refractivity contribution in [1.82, 2.24) is 9.78 Å². The van der Waals surface area contributed by atoms with Crippen molar-refractivity contribution in [2.24, 2.45) is 12.8 Å². The van der Waals surface area contributed by atoms with E-state index in [2.05, 4.69) is 11.2 Å². The minimum Gasteiger partial charge on any atom is -0.493 e. The monoisotopic (exact) mass is 277 g/mol. The maximum atomic E-state index is 5.71. The molecule has 0 fully saturated rings. The predicted molar refractivity (Wildman–Crippen MR) is 78.5 cm³/mol. The maximum Gasteiger partial charge on any atom is 0.119 e. The van der Waals surface area contributed by atoms with Gasteiger partial charge in [-0.15, -0.1) is 11.8 Å². The van der Waals surface area contributed by atoms with Crippen LogP contribution < -0.4 is 10.5 Å². The molecule has 0 saturated carbocycles. The zero-order chi connectivity index (χ0) is 13.7. The van der Waals surface area contributed by atoms with Gasteiger partial charge in [-0.2, -0.15) is 5.10 Å². The van der Waals surface area contributed by atoms with E-state index >= 15 is 0 Å². The van der Waals surface area contributed by atoms with Gasteiger partial charge in [0.15, 0.2) is 0 Å². The summed E-state index contributed by atoms with van der Waals surface area (Å²) in [5, 5.41) is 5.48. The summed E-state index contributed by atoms with van der Waals surface area (Å²) in [7, 11) is 1.96. The zero-order valence-corrected chi connectivity index (χ0v) is 12.1. The van der Waals surface area contributed by atoms with Crippen LogP contribution in [0.3, 0.4) is 0 Å². The topological polar surface area (TPSA) is 53.1 Å². The molecular weight excluding hydrogens is 258 g/mol. The molecule has 2 N–H and O–H groups in total. The second-order valence-corrected chi connectivity index (χ2v) is 5.41. The Labute approximate surface area is 117 Å². The molecule has 1 heterocycles. The molecule has 0 atom stereocenters. The summed E-state index contributed by atoms with van der Waals surface area (Å²) in [5.41, 5.74) is 7.73. The summed E-state index contributed by atoms with van der Waals surface area (Å²) in [6.07, 6.45) is 0. The molecule has 1 aromatic carbocycles. The molecule has 2 aromatic rings. The van der Waals surface area contributed by atoms with E-state index in [-0.39, 0.29) is 0 Å². The number of nitrogens with zero attached hydrogens (tertiary/aromatic N) is 2. The minimum absolute atomic E-state index is 0.542. The van der Waals surface area contributed by atoms with Gasteiger partial charge in [-0.1, -0.05) is 12.1 Å². The molecule has 0 aliphatic rings. The van der Waals surface area contributed by atoms with Crippen LogP contribution in [0, 0.1) is 6.92 Å². The second-order valence-electron chi connectivity index (χ2n) is 4.30. The summed E-state index contributed by atoms with van der Waals surface area (Å²) < 4.78 is 7.61. The van der Waals surface area contributed by atoms with Crippen LogP contribution in [-0.2, 0) is 13.6 Å². The Morgan fingerprint density at radius 1 is 1.37 bits per heavy atom. The Bertz CT molecular complexity index is 539. The maximum absolute atomic E-state index is 5.71. The fourth-order valence-corrected chi connectivity index (χ4v) is 2.65. The van der Waals surface area contributed by atoms with Crippen molar-refractivity contribution >= 4 is 11.8 Å². The van der Waals surface area contributed by atoms with E-state index < -0.39 is 0 Å². The number of benzene rings is 1. The number of thioether (sulfide) groups is 1. The molecular formula is C14H19N3OS. The van der Waals surface area contributed by atoms with Crippen LogP contribution in [0.1, 0.15) is 11.3 Å². The fraction of sp³-hybridized carbons (Fsp3) is 0.357. The number of ether oxygens (including phenoxy) is 1. The van der Waals surface area contributed by atoms with Crippen LogP contribution in [0.15, 0.2) is 35.4 Å². The molecule has 0 saturated heterocycles. The summed E-state index contributed by atoms with van der Waals surface area (Å²) in [6, 6.07) is 9.99. The molecule has 1 aromatic heterocycles. The average Bonchev–Trinajstić information content (AvgIpc) is 2.73. The number of nitrogens with two attached hydrogens (primary N) is 1. The largest absolute Gasteiger partial charge is 0.493 e. The quantitative estimate of drug-likeness (QED) is 0.650. The lowest BCUT2D eigenvalue weighted by atomic mass is 10.2. The van der Waals surface area contributed by atoms with Gasteiger partial charge >= 0.3 is 0 Å². The van der Waals surface area contributed by atoms with Gasteiger partial charge in [-0.25, -0.2) is 0 Å². The first-order valence-electron chi connectivity index (χ1n) is 6.24. The van der Waals surface area contributed by atoms with Gasteiger partial charge < -0.3 is 10.5 Å². The van der Waals surface area contributed by atoms with Crippen LogP contribution in [0.4, 0.5) is 0 Å². The standard InChI is InChI=1S/C14H19N3OS/c1-11-8-14(17(2)16-11)19-7-6-18-13-5-3-4-12(9-13)10-15/h3-5,8-9H,6-7,10,15H2,1-2H3. The highest BCUT2D eigenvalue weighted by Crippen LogP contribution is 2.19. The highest BCUT2D eigenvalue weighted by Gasteiger charge is 2.02. The van der Waals surface area contributed by atoms with E-state index in [0.29, 0.717) is 13.2 Å². The Kier molecular flexibility index (Phi) is 4.87. The van der Waals surface area contributed by atoms with Gasteiger partial charge in [-0.05, 0) is 30.7 Å². The van der Waals surface area contributed by atoms with Crippen molar-refractivity contribution in [2.75, 3.05) is 12.4 Å². The third-order valence-electron chi connectivity index (χ3n) is 2.70. The lowest BCUT2D eigenvalue weighted by Gasteiger charge is -2.07. The number of hydrogen-bond acceptors (Lipinski definition) is 4. The van der Waals surface area contributed by atoms with E-state index in [9.17, 15) is 0 Å². The molecule has 4 nitrogen and oxygen atoms in total.